The summed E-state index contributed by atoms with van der Waals surface area (Å²) in [6, 6.07) is -0.0278. The van der Waals surface area contributed by atoms with Crippen molar-refractivity contribution in [2.75, 3.05) is 0 Å². The van der Waals surface area contributed by atoms with Crippen molar-refractivity contribution in [3.05, 3.63) is 0 Å². The number of rotatable bonds is 1. The van der Waals surface area contributed by atoms with Gasteiger partial charge in [-0.2, -0.15) is 0 Å². The second-order valence-electron chi connectivity index (χ2n) is 3.46. The predicted molar refractivity (Wildman–Crippen MR) is 43.1 cm³/mol. The van der Waals surface area contributed by atoms with Crippen LogP contribution in [0.4, 0.5) is 0 Å². The largest absolute Gasteiger partial charge is 0.382 e. The monoisotopic (exact) mass is 138 g/mol. The molecule has 0 spiro atoms. The van der Waals surface area contributed by atoms with Crippen molar-refractivity contribution in [1.29, 1.82) is 0 Å². The Morgan fingerprint density at radius 3 is 2.50 bits per heavy atom. The summed E-state index contributed by atoms with van der Waals surface area (Å²) < 4.78 is 5.59. The molecule has 10 heavy (non-hydrogen) atoms. The maximum absolute atomic E-state index is 5.65. The molecular formula is C8H15BO. The molecule has 0 aromatic carbocycles. The van der Waals surface area contributed by atoms with Gasteiger partial charge in [0, 0.05) is 6.00 Å². The Bertz CT molecular complexity index is 126. The molecule has 3 atom stereocenters. The van der Waals surface area contributed by atoms with Gasteiger partial charge in [-0.15, -0.1) is 0 Å². The highest BCUT2D eigenvalue weighted by molar-refractivity contribution is 6.11. The lowest BCUT2D eigenvalue weighted by Gasteiger charge is -2.26. The van der Waals surface area contributed by atoms with Crippen LogP contribution in [-0.2, 0) is 4.74 Å². The summed E-state index contributed by atoms with van der Waals surface area (Å²) in [6.07, 6.45) is 2.06. The summed E-state index contributed by atoms with van der Waals surface area (Å²) in [7, 11) is 5.65. The number of hydrogen-bond acceptors (Lipinski definition) is 1. The molecule has 0 aromatic heterocycles. The molecule has 1 aliphatic heterocycles. The van der Waals surface area contributed by atoms with Crippen molar-refractivity contribution in [3.8, 4) is 0 Å². The fourth-order valence-electron chi connectivity index (χ4n) is 1.54. The van der Waals surface area contributed by atoms with E-state index in [2.05, 4.69) is 20.8 Å². The van der Waals surface area contributed by atoms with Crippen LogP contribution in [0.1, 0.15) is 33.6 Å². The van der Waals surface area contributed by atoms with Crippen molar-refractivity contribution in [2.24, 2.45) is 5.92 Å². The third-order valence-corrected chi connectivity index (χ3v) is 2.75. The minimum atomic E-state index is -0.0278. The van der Waals surface area contributed by atoms with Crippen molar-refractivity contribution in [2.45, 2.75) is 45.2 Å². The van der Waals surface area contributed by atoms with Crippen LogP contribution in [0.25, 0.3) is 0 Å². The van der Waals surface area contributed by atoms with Crippen LogP contribution in [0, 0.1) is 5.92 Å². The van der Waals surface area contributed by atoms with Crippen molar-refractivity contribution in [3.63, 3.8) is 0 Å². The summed E-state index contributed by atoms with van der Waals surface area (Å²) in [5.74, 6) is 0.604. The van der Waals surface area contributed by atoms with Gasteiger partial charge in [0.25, 0.3) is 0 Å². The smallest absolute Gasteiger partial charge is 0.109 e. The summed E-state index contributed by atoms with van der Waals surface area (Å²) in [6.45, 7) is 6.50. The van der Waals surface area contributed by atoms with Gasteiger partial charge in [-0.05, 0) is 25.7 Å². The molecular weight excluding hydrogens is 123 g/mol. The maximum atomic E-state index is 5.65. The van der Waals surface area contributed by atoms with E-state index in [0.717, 1.165) is 12.8 Å². The molecule has 1 aliphatic rings. The quantitative estimate of drug-likeness (QED) is 0.501. The lowest BCUT2D eigenvalue weighted by molar-refractivity contribution is -0.0185. The zero-order valence-electron chi connectivity index (χ0n) is 7.05. The average molecular weight is 138 g/mol. The molecule has 0 N–H and O–H groups in total. The lowest BCUT2D eigenvalue weighted by Crippen LogP contribution is -2.29. The van der Waals surface area contributed by atoms with E-state index in [1.807, 2.05) is 0 Å². The highest BCUT2D eigenvalue weighted by atomic mass is 16.5. The van der Waals surface area contributed by atoms with Gasteiger partial charge in [-0.1, -0.05) is 13.8 Å². The van der Waals surface area contributed by atoms with Crippen molar-refractivity contribution in [1.82, 2.24) is 0 Å². The lowest BCUT2D eigenvalue weighted by atomic mass is 9.85. The Morgan fingerprint density at radius 1 is 1.70 bits per heavy atom. The van der Waals surface area contributed by atoms with Gasteiger partial charge in [0.1, 0.15) is 7.85 Å². The van der Waals surface area contributed by atoms with Gasteiger partial charge in [-0.25, -0.2) is 0 Å². The van der Waals surface area contributed by atoms with Gasteiger partial charge in [0.15, 0.2) is 0 Å². The van der Waals surface area contributed by atoms with E-state index in [1.165, 1.54) is 0 Å². The van der Waals surface area contributed by atoms with Gasteiger partial charge in [0.2, 0.25) is 0 Å². The van der Waals surface area contributed by atoms with Gasteiger partial charge < -0.3 is 4.74 Å². The fraction of sp³-hybridized carbons (Fsp3) is 1.00. The summed E-state index contributed by atoms with van der Waals surface area (Å²) in [5, 5.41) is 0. The molecule has 0 aromatic rings. The average Bonchev–Trinajstić information content (AvgIpc) is 2.09. The molecule has 1 heterocycles. The molecule has 56 valence electrons. The summed E-state index contributed by atoms with van der Waals surface area (Å²) >= 11 is 0. The highest BCUT2D eigenvalue weighted by Gasteiger charge is 2.38. The molecule has 0 amide bonds. The van der Waals surface area contributed by atoms with E-state index < -0.39 is 0 Å². The molecule has 0 bridgehead atoms. The molecule has 1 rings (SSSR count). The molecule has 1 fully saturated rings. The maximum Gasteiger partial charge on any atom is 0.109 e. The predicted octanol–water partition coefficient (Wildman–Crippen LogP) is 1.71. The van der Waals surface area contributed by atoms with Crippen molar-refractivity contribution >= 4 is 7.85 Å². The Labute approximate surface area is 64.6 Å². The molecule has 0 aliphatic carbocycles. The second kappa shape index (κ2) is 2.57. The third kappa shape index (κ3) is 1.22. The Kier molecular flexibility index (Phi) is 2.09. The van der Waals surface area contributed by atoms with Crippen LogP contribution < -0.4 is 0 Å². The minimum absolute atomic E-state index is 0.0278. The normalized spacial score (nSPS) is 47.9. The number of hydrogen-bond donors (Lipinski definition) is 0. The first-order valence-electron chi connectivity index (χ1n) is 4.02. The minimum Gasteiger partial charge on any atom is -0.382 e. The van der Waals surface area contributed by atoms with Crippen LogP contribution in [0.2, 0.25) is 0 Å². The fourth-order valence-corrected chi connectivity index (χ4v) is 1.54. The van der Waals surface area contributed by atoms with Crippen LogP contribution in [-0.4, -0.2) is 19.5 Å². The van der Waals surface area contributed by atoms with Gasteiger partial charge in [-0.3, -0.25) is 0 Å². The standard InChI is InChI=1S/C8H15BO/c1-4-8(3)6(2)5-7(9)10-8/h6-7H,4-5H2,1-3H3/t6?,7-,8?/m1/s1. The first-order chi connectivity index (χ1) is 4.58. The Morgan fingerprint density at radius 2 is 2.30 bits per heavy atom. The summed E-state index contributed by atoms with van der Waals surface area (Å²) in [5.41, 5.74) is 0.0411. The number of ether oxygens (including phenoxy) is 1. The van der Waals surface area contributed by atoms with Crippen LogP contribution in [0.3, 0.4) is 0 Å². The molecule has 0 saturated carbocycles. The van der Waals surface area contributed by atoms with Crippen LogP contribution in [0.15, 0.2) is 0 Å². The molecule has 2 heteroatoms. The van der Waals surface area contributed by atoms with E-state index in [4.69, 9.17) is 12.6 Å². The van der Waals surface area contributed by atoms with Gasteiger partial charge in [0.05, 0.1) is 5.60 Å². The molecule has 2 radical (unpaired) electrons. The first-order valence-corrected chi connectivity index (χ1v) is 4.02. The van der Waals surface area contributed by atoms with E-state index in [1.54, 1.807) is 0 Å². The summed E-state index contributed by atoms with van der Waals surface area (Å²) in [4.78, 5) is 0. The van der Waals surface area contributed by atoms with Crippen LogP contribution in [0.5, 0.6) is 0 Å². The highest BCUT2D eigenvalue weighted by Crippen LogP contribution is 2.36. The Hall–Kier alpha value is 0.0249. The van der Waals surface area contributed by atoms with E-state index in [9.17, 15) is 0 Å². The Balaban J connectivity index is 2.61. The molecule has 1 nitrogen and oxygen atoms in total. The zero-order chi connectivity index (χ0) is 7.78. The topological polar surface area (TPSA) is 9.23 Å². The van der Waals surface area contributed by atoms with Gasteiger partial charge >= 0.3 is 0 Å². The third-order valence-electron chi connectivity index (χ3n) is 2.75. The van der Waals surface area contributed by atoms with Crippen molar-refractivity contribution < 1.29 is 4.74 Å². The van der Waals surface area contributed by atoms with E-state index in [-0.39, 0.29) is 11.6 Å². The van der Waals surface area contributed by atoms with E-state index >= 15 is 0 Å². The SMILES string of the molecule is [B][C@H]1CC(C)C(C)(CC)O1. The molecule has 1 saturated heterocycles. The second-order valence-corrected chi connectivity index (χ2v) is 3.46. The molecule has 2 unspecified atom stereocenters. The zero-order valence-corrected chi connectivity index (χ0v) is 7.05. The first kappa shape index (κ1) is 8.12. The van der Waals surface area contributed by atoms with Crippen LogP contribution >= 0.6 is 0 Å². The van der Waals surface area contributed by atoms with E-state index in [0.29, 0.717) is 5.92 Å².